The van der Waals surface area contributed by atoms with Crippen LogP contribution in [0.15, 0.2) is 60.7 Å². The van der Waals surface area contributed by atoms with Gasteiger partial charge in [0, 0.05) is 7.05 Å². The molecule has 6 nitrogen and oxygen atoms in total. The Balaban J connectivity index is 1.64. The number of rotatable bonds is 7. The van der Waals surface area contributed by atoms with E-state index in [2.05, 4.69) is 5.10 Å². The molecule has 3 rings (SSSR count). The Morgan fingerprint density at radius 1 is 1.10 bits per heavy atom. The molecule has 3 aromatic rings. The van der Waals surface area contributed by atoms with Crippen molar-refractivity contribution in [1.82, 2.24) is 14.7 Å². The van der Waals surface area contributed by atoms with Crippen LogP contribution in [0.1, 0.15) is 40.1 Å². The first-order valence-electron chi connectivity index (χ1n) is 9.63. The number of aryl methyl sites for hydroxylation is 1. The van der Waals surface area contributed by atoms with Gasteiger partial charge in [-0.25, -0.2) is 9.48 Å². The third-order valence-electron chi connectivity index (χ3n) is 5.03. The number of carbonyl (C=O) groups excluding carboxylic acids is 2. The molecule has 0 aliphatic carbocycles. The molecule has 0 aliphatic rings. The van der Waals surface area contributed by atoms with E-state index in [1.54, 1.807) is 23.6 Å². The van der Waals surface area contributed by atoms with E-state index >= 15 is 0 Å². The van der Waals surface area contributed by atoms with Gasteiger partial charge in [-0.2, -0.15) is 5.10 Å². The SMILES string of the molecule is Cc1nn(Cc2ccccc2)c(Cl)c1C(=O)OCC(=O)N(C)C(C)c1ccccc1. The summed E-state index contributed by atoms with van der Waals surface area (Å²) in [6.07, 6.45) is 0. The van der Waals surface area contributed by atoms with Crippen LogP contribution in [0, 0.1) is 6.92 Å². The zero-order valence-electron chi connectivity index (χ0n) is 17.2. The van der Waals surface area contributed by atoms with E-state index in [0.717, 1.165) is 11.1 Å². The summed E-state index contributed by atoms with van der Waals surface area (Å²) in [5.41, 5.74) is 2.65. The Bertz CT molecular complexity index is 1020. The van der Waals surface area contributed by atoms with Crippen molar-refractivity contribution >= 4 is 23.5 Å². The van der Waals surface area contributed by atoms with Crippen LogP contribution in [0.25, 0.3) is 0 Å². The molecule has 0 radical (unpaired) electrons. The summed E-state index contributed by atoms with van der Waals surface area (Å²) >= 11 is 6.39. The van der Waals surface area contributed by atoms with Crippen LogP contribution in [-0.2, 0) is 16.1 Å². The third-order valence-corrected chi connectivity index (χ3v) is 5.41. The molecule has 1 atom stereocenters. The van der Waals surface area contributed by atoms with Crippen molar-refractivity contribution in [2.24, 2.45) is 0 Å². The van der Waals surface area contributed by atoms with E-state index in [9.17, 15) is 9.59 Å². The number of esters is 1. The van der Waals surface area contributed by atoms with Gasteiger partial charge in [0.25, 0.3) is 5.91 Å². The van der Waals surface area contributed by atoms with Crippen molar-refractivity contribution in [2.75, 3.05) is 13.7 Å². The van der Waals surface area contributed by atoms with Gasteiger partial charge in [-0.05, 0) is 25.0 Å². The van der Waals surface area contributed by atoms with Gasteiger partial charge in [0.15, 0.2) is 6.61 Å². The van der Waals surface area contributed by atoms with Gasteiger partial charge >= 0.3 is 5.97 Å². The molecular formula is C23H24ClN3O3. The highest BCUT2D eigenvalue weighted by atomic mass is 35.5. The third kappa shape index (κ3) is 4.89. The zero-order valence-corrected chi connectivity index (χ0v) is 18.0. The van der Waals surface area contributed by atoms with Crippen LogP contribution >= 0.6 is 11.6 Å². The molecule has 30 heavy (non-hydrogen) atoms. The fraction of sp³-hybridized carbons (Fsp3) is 0.261. The molecule has 0 N–H and O–H groups in total. The first-order chi connectivity index (χ1) is 14.4. The minimum atomic E-state index is -0.661. The monoisotopic (exact) mass is 425 g/mol. The van der Waals surface area contributed by atoms with E-state index in [1.807, 2.05) is 67.6 Å². The zero-order chi connectivity index (χ0) is 21.7. The maximum absolute atomic E-state index is 12.6. The molecule has 1 heterocycles. The van der Waals surface area contributed by atoms with E-state index in [-0.39, 0.29) is 29.3 Å². The lowest BCUT2D eigenvalue weighted by atomic mass is 10.1. The van der Waals surface area contributed by atoms with Gasteiger partial charge < -0.3 is 9.64 Å². The fourth-order valence-corrected chi connectivity index (χ4v) is 3.43. The summed E-state index contributed by atoms with van der Waals surface area (Å²) < 4.78 is 6.80. The molecule has 1 amide bonds. The Hall–Kier alpha value is -3.12. The Labute approximate surface area is 181 Å². The van der Waals surface area contributed by atoms with E-state index in [1.165, 1.54) is 0 Å². The first-order valence-corrected chi connectivity index (χ1v) is 10.0. The molecule has 156 valence electrons. The molecule has 0 saturated heterocycles. The van der Waals surface area contributed by atoms with Crippen LogP contribution < -0.4 is 0 Å². The molecular weight excluding hydrogens is 402 g/mol. The number of carbonyl (C=O) groups is 2. The van der Waals surface area contributed by atoms with Crippen LogP contribution in [0.2, 0.25) is 5.15 Å². The lowest BCUT2D eigenvalue weighted by molar-refractivity contribution is -0.135. The minimum Gasteiger partial charge on any atom is -0.452 e. The molecule has 0 fully saturated rings. The molecule has 1 aromatic heterocycles. The summed E-state index contributed by atoms with van der Waals surface area (Å²) in [7, 11) is 1.68. The highest BCUT2D eigenvalue weighted by Gasteiger charge is 2.24. The second kappa shape index (κ2) is 9.59. The largest absolute Gasteiger partial charge is 0.452 e. The summed E-state index contributed by atoms with van der Waals surface area (Å²) in [5, 5.41) is 4.54. The van der Waals surface area contributed by atoms with Crippen molar-refractivity contribution < 1.29 is 14.3 Å². The van der Waals surface area contributed by atoms with Gasteiger partial charge in [-0.1, -0.05) is 72.3 Å². The highest BCUT2D eigenvalue weighted by Crippen LogP contribution is 2.22. The number of ether oxygens (including phenoxy) is 1. The van der Waals surface area contributed by atoms with Crippen molar-refractivity contribution in [1.29, 1.82) is 0 Å². The van der Waals surface area contributed by atoms with Crippen molar-refractivity contribution in [2.45, 2.75) is 26.4 Å². The highest BCUT2D eigenvalue weighted by molar-refractivity contribution is 6.32. The molecule has 2 aromatic carbocycles. The van der Waals surface area contributed by atoms with E-state index in [0.29, 0.717) is 12.2 Å². The number of aromatic nitrogens is 2. The predicted molar refractivity (Wildman–Crippen MR) is 115 cm³/mol. The van der Waals surface area contributed by atoms with Crippen molar-refractivity contribution in [3.8, 4) is 0 Å². The smallest absolute Gasteiger partial charge is 0.343 e. The number of amides is 1. The Morgan fingerprint density at radius 2 is 1.70 bits per heavy atom. The molecule has 0 bridgehead atoms. The second-order valence-corrected chi connectivity index (χ2v) is 7.42. The number of hydrogen-bond acceptors (Lipinski definition) is 4. The quantitative estimate of drug-likeness (QED) is 0.530. The number of benzene rings is 2. The van der Waals surface area contributed by atoms with Gasteiger partial charge in [-0.3, -0.25) is 4.79 Å². The van der Waals surface area contributed by atoms with Gasteiger partial charge in [-0.15, -0.1) is 0 Å². The summed E-state index contributed by atoms with van der Waals surface area (Å²) in [6, 6.07) is 19.2. The fourth-order valence-electron chi connectivity index (χ4n) is 3.12. The standard InChI is InChI=1S/C23H24ClN3O3/c1-16-21(22(24)27(25-16)14-18-10-6-4-7-11-18)23(29)30-15-20(28)26(3)17(2)19-12-8-5-9-13-19/h4-13,17H,14-15H2,1-3H3. The van der Waals surface area contributed by atoms with E-state index < -0.39 is 5.97 Å². The van der Waals surface area contributed by atoms with Crippen LogP contribution in [0.5, 0.6) is 0 Å². The number of likely N-dealkylation sites (N-methyl/N-ethyl adjacent to an activating group) is 1. The molecule has 7 heteroatoms. The summed E-state index contributed by atoms with van der Waals surface area (Å²) in [4.78, 5) is 26.6. The lowest BCUT2D eigenvalue weighted by Gasteiger charge is -2.25. The normalized spacial score (nSPS) is 11.7. The topological polar surface area (TPSA) is 64.4 Å². The van der Waals surface area contributed by atoms with Gasteiger partial charge in [0.1, 0.15) is 10.7 Å². The van der Waals surface area contributed by atoms with E-state index in [4.69, 9.17) is 16.3 Å². The number of nitrogens with zero attached hydrogens (tertiary/aromatic N) is 3. The van der Waals surface area contributed by atoms with Crippen LogP contribution in [0.3, 0.4) is 0 Å². The average molecular weight is 426 g/mol. The lowest BCUT2D eigenvalue weighted by Crippen LogP contribution is -2.33. The van der Waals surface area contributed by atoms with Crippen LogP contribution in [0.4, 0.5) is 0 Å². The maximum atomic E-state index is 12.6. The van der Waals surface area contributed by atoms with Gasteiger partial charge in [0.05, 0.1) is 18.3 Å². The molecule has 0 aliphatic heterocycles. The predicted octanol–water partition coefficient (Wildman–Crippen LogP) is 4.27. The van der Waals surface area contributed by atoms with Gasteiger partial charge in [0.2, 0.25) is 0 Å². The second-order valence-electron chi connectivity index (χ2n) is 7.06. The Morgan fingerprint density at radius 3 is 2.33 bits per heavy atom. The molecule has 1 unspecified atom stereocenters. The average Bonchev–Trinajstić information content (AvgIpc) is 3.04. The van der Waals surface area contributed by atoms with Crippen molar-refractivity contribution in [3.63, 3.8) is 0 Å². The Kier molecular flexibility index (Phi) is 6.90. The summed E-state index contributed by atoms with van der Waals surface area (Å²) in [6.45, 7) is 3.68. The summed E-state index contributed by atoms with van der Waals surface area (Å²) in [5.74, 6) is -0.962. The molecule has 0 saturated carbocycles. The first kappa shape index (κ1) is 21.6. The number of hydrogen-bond donors (Lipinski definition) is 0. The van der Waals surface area contributed by atoms with Crippen molar-refractivity contribution in [3.05, 3.63) is 88.2 Å². The minimum absolute atomic E-state index is 0.142. The number of halogens is 1. The molecule has 0 spiro atoms. The van der Waals surface area contributed by atoms with Crippen LogP contribution in [-0.4, -0.2) is 40.2 Å². The maximum Gasteiger partial charge on any atom is 0.343 e.